The monoisotopic (exact) mass is 298 g/mol. The van der Waals surface area contributed by atoms with Crippen LogP contribution in [0.4, 0.5) is 0 Å². The van der Waals surface area contributed by atoms with Crippen LogP contribution in [0.25, 0.3) is 0 Å². The molecule has 0 aromatic heterocycles. The van der Waals surface area contributed by atoms with Gasteiger partial charge in [0.05, 0.1) is 31.8 Å². The van der Waals surface area contributed by atoms with Crippen molar-refractivity contribution < 1.29 is 14.7 Å². The highest BCUT2D eigenvalue weighted by atomic mass is 16.5. The van der Waals surface area contributed by atoms with Gasteiger partial charge in [0.1, 0.15) is 13.1 Å². The number of nitrogens with one attached hydrogen (secondary N) is 1. The minimum atomic E-state index is -0.473. The van der Waals surface area contributed by atoms with Gasteiger partial charge in [-0.15, -0.1) is 0 Å². The predicted molar refractivity (Wildman–Crippen MR) is 87.0 cm³/mol. The number of hydrogen-bond donors (Lipinski definition) is 2. The Labute approximate surface area is 132 Å². The third-order valence-electron chi connectivity index (χ3n) is 4.46. The summed E-state index contributed by atoms with van der Waals surface area (Å²) in [6.07, 6.45) is -0.473. The molecule has 1 heterocycles. The molecule has 22 heavy (non-hydrogen) atoms. The van der Waals surface area contributed by atoms with Crippen molar-refractivity contribution in [3.8, 4) is 0 Å². The van der Waals surface area contributed by atoms with Gasteiger partial charge in [-0.2, -0.15) is 0 Å². The smallest absolute Gasteiger partial charge is 0.101 e. The summed E-state index contributed by atoms with van der Waals surface area (Å²) in [7, 11) is 0. The standard InChI is InChI=1S/C19H23NO2/c21-19(17-9-5-2-6-10-17)18(16-7-3-1-4-8-16)15-20-11-13-22-14-12-20/h1-10,18-19,21H,11-15H2/p+1/t18-,19-/m1/s1. The third-order valence-corrected chi connectivity index (χ3v) is 4.46. The molecule has 0 unspecified atom stereocenters. The van der Waals surface area contributed by atoms with E-state index in [1.807, 2.05) is 36.4 Å². The Hall–Kier alpha value is -1.68. The van der Waals surface area contributed by atoms with E-state index in [1.165, 1.54) is 10.5 Å². The molecule has 2 N–H and O–H groups in total. The molecule has 0 saturated carbocycles. The Bertz CT molecular complexity index is 552. The molecule has 1 aliphatic rings. The summed E-state index contributed by atoms with van der Waals surface area (Å²) in [4.78, 5) is 1.51. The molecule has 0 amide bonds. The second kappa shape index (κ2) is 7.54. The average molecular weight is 298 g/mol. The lowest BCUT2D eigenvalue weighted by Crippen LogP contribution is -3.14. The molecular formula is C19H24NO2+. The Kier molecular flexibility index (Phi) is 5.22. The zero-order chi connectivity index (χ0) is 15.2. The minimum Gasteiger partial charge on any atom is -0.388 e. The van der Waals surface area contributed by atoms with Crippen LogP contribution < -0.4 is 4.90 Å². The molecule has 2 aromatic rings. The van der Waals surface area contributed by atoms with Crippen LogP contribution in [-0.4, -0.2) is 38.0 Å². The lowest BCUT2D eigenvalue weighted by atomic mass is 9.88. The van der Waals surface area contributed by atoms with E-state index in [0.29, 0.717) is 0 Å². The fourth-order valence-corrected chi connectivity index (χ4v) is 3.17. The summed E-state index contributed by atoms with van der Waals surface area (Å²) in [6, 6.07) is 20.4. The zero-order valence-electron chi connectivity index (χ0n) is 12.8. The van der Waals surface area contributed by atoms with Gasteiger partial charge in [-0.3, -0.25) is 0 Å². The fraction of sp³-hybridized carbons (Fsp3) is 0.368. The first kappa shape index (κ1) is 15.2. The Morgan fingerprint density at radius 1 is 0.864 bits per heavy atom. The number of aliphatic hydroxyl groups is 1. The van der Waals surface area contributed by atoms with Crippen LogP contribution in [0, 0.1) is 0 Å². The molecule has 116 valence electrons. The Morgan fingerprint density at radius 2 is 1.41 bits per heavy atom. The summed E-state index contributed by atoms with van der Waals surface area (Å²) < 4.78 is 5.45. The van der Waals surface area contributed by atoms with Crippen LogP contribution >= 0.6 is 0 Å². The highest BCUT2D eigenvalue weighted by Gasteiger charge is 2.28. The topological polar surface area (TPSA) is 33.9 Å². The van der Waals surface area contributed by atoms with Crippen molar-refractivity contribution in [1.82, 2.24) is 0 Å². The van der Waals surface area contributed by atoms with Crippen LogP contribution in [0.1, 0.15) is 23.1 Å². The number of hydrogen-bond acceptors (Lipinski definition) is 2. The van der Waals surface area contributed by atoms with Crippen molar-refractivity contribution in [2.24, 2.45) is 0 Å². The first-order valence-electron chi connectivity index (χ1n) is 8.04. The second-order valence-corrected chi connectivity index (χ2v) is 5.94. The van der Waals surface area contributed by atoms with E-state index in [1.54, 1.807) is 0 Å². The highest BCUT2D eigenvalue weighted by molar-refractivity contribution is 5.26. The molecule has 3 rings (SSSR count). The second-order valence-electron chi connectivity index (χ2n) is 5.94. The normalized spacial score (nSPS) is 18.8. The van der Waals surface area contributed by atoms with E-state index >= 15 is 0 Å². The van der Waals surface area contributed by atoms with Crippen molar-refractivity contribution in [3.63, 3.8) is 0 Å². The highest BCUT2D eigenvalue weighted by Crippen LogP contribution is 2.29. The maximum Gasteiger partial charge on any atom is 0.101 e. The van der Waals surface area contributed by atoms with Gasteiger partial charge in [-0.05, 0) is 11.1 Å². The molecule has 0 radical (unpaired) electrons. The van der Waals surface area contributed by atoms with Crippen molar-refractivity contribution in [1.29, 1.82) is 0 Å². The molecule has 1 aliphatic heterocycles. The van der Waals surface area contributed by atoms with Gasteiger partial charge in [0.25, 0.3) is 0 Å². The van der Waals surface area contributed by atoms with Crippen molar-refractivity contribution in [2.75, 3.05) is 32.8 Å². The SMILES string of the molecule is O[C@H](c1ccccc1)[C@H](C[NH+]1CCOCC1)c1ccccc1. The van der Waals surface area contributed by atoms with Gasteiger partial charge >= 0.3 is 0 Å². The van der Waals surface area contributed by atoms with Crippen LogP contribution in [0.3, 0.4) is 0 Å². The van der Waals surface area contributed by atoms with Crippen molar-refractivity contribution in [2.45, 2.75) is 12.0 Å². The molecule has 0 bridgehead atoms. The lowest BCUT2D eigenvalue weighted by molar-refractivity contribution is -0.909. The maximum absolute atomic E-state index is 10.9. The van der Waals surface area contributed by atoms with E-state index < -0.39 is 6.10 Å². The van der Waals surface area contributed by atoms with Gasteiger partial charge in [0.2, 0.25) is 0 Å². The van der Waals surface area contributed by atoms with Crippen molar-refractivity contribution in [3.05, 3.63) is 71.8 Å². The Morgan fingerprint density at radius 3 is 2.00 bits per heavy atom. The van der Waals surface area contributed by atoms with Gasteiger partial charge in [0, 0.05) is 0 Å². The molecule has 3 heteroatoms. The quantitative estimate of drug-likeness (QED) is 0.875. The molecule has 1 saturated heterocycles. The fourth-order valence-electron chi connectivity index (χ4n) is 3.17. The first-order valence-corrected chi connectivity index (χ1v) is 8.04. The number of quaternary nitrogens is 1. The summed E-state index contributed by atoms with van der Waals surface area (Å²) in [5.74, 6) is 0.108. The number of rotatable bonds is 5. The molecule has 1 fully saturated rings. The molecule has 2 atom stereocenters. The van der Waals surface area contributed by atoms with Gasteiger partial charge in [-0.1, -0.05) is 60.7 Å². The molecule has 3 nitrogen and oxygen atoms in total. The van der Waals surface area contributed by atoms with Crippen LogP contribution in [0.5, 0.6) is 0 Å². The molecule has 2 aromatic carbocycles. The summed E-state index contributed by atoms with van der Waals surface area (Å²) >= 11 is 0. The lowest BCUT2D eigenvalue weighted by Gasteiger charge is -2.30. The van der Waals surface area contributed by atoms with Gasteiger partial charge < -0.3 is 14.7 Å². The number of aliphatic hydroxyl groups excluding tert-OH is 1. The molecular weight excluding hydrogens is 274 g/mol. The van der Waals surface area contributed by atoms with E-state index in [0.717, 1.165) is 38.4 Å². The van der Waals surface area contributed by atoms with Crippen LogP contribution in [0.15, 0.2) is 60.7 Å². The minimum absolute atomic E-state index is 0.108. The van der Waals surface area contributed by atoms with E-state index in [4.69, 9.17) is 4.74 Å². The van der Waals surface area contributed by atoms with Crippen molar-refractivity contribution >= 4 is 0 Å². The van der Waals surface area contributed by atoms with Crippen LogP contribution in [-0.2, 0) is 4.74 Å². The van der Waals surface area contributed by atoms with E-state index in [-0.39, 0.29) is 5.92 Å². The predicted octanol–water partition coefficient (Wildman–Crippen LogP) is 1.42. The number of ether oxygens (including phenoxy) is 1. The summed E-state index contributed by atoms with van der Waals surface area (Å²) in [6.45, 7) is 4.61. The zero-order valence-corrected chi connectivity index (χ0v) is 12.8. The molecule has 0 aliphatic carbocycles. The summed E-state index contributed by atoms with van der Waals surface area (Å²) in [5.41, 5.74) is 2.20. The maximum atomic E-state index is 10.9. The largest absolute Gasteiger partial charge is 0.388 e. The number of benzene rings is 2. The van der Waals surface area contributed by atoms with Gasteiger partial charge in [-0.25, -0.2) is 0 Å². The molecule has 0 spiro atoms. The average Bonchev–Trinajstić information content (AvgIpc) is 2.61. The van der Waals surface area contributed by atoms with E-state index in [2.05, 4.69) is 24.3 Å². The van der Waals surface area contributed by atoms with Gasteiger partial charge in [0.15, 0.2) is 0 Å². The number of morpholine rings is 1. The Balaban J connectivity index is 1.82. The van der Waals surface area contributed by atoms with Crippen LogP contribution in [0.2, 0.25) is 0 Å². The summed E-state index contributed by atoms with van der Waals surface area (Å²) in [5, 5.41) is 10.9. The third kappa shape index (κ3) is 3.74. The first-order chi connectivity index (χ1) is 10.8. The van der Waals surface area contributed by atoms with E-state index in [9.17, 15) is 5.11 Å².